The first-order chi connectivity index (χ1) is 9.24. The molecule has 1 atom stereocenters. The van der Waals surface area contributed by atoms with E-state index in [2.05, 4.69) is 10.3 Å². The Morgan fingerprint density at radius 2 is 2.32 bits per heavy atom. The van der Waals surface area contributed by atoms with Crippen LogP contribution in [-0.4, -0.2) is 45.4 Å². The summed E-state index contributed by atoms with van der Waals surface area (Å²) in [7, 11) is 0. The second-order valence-corrected chi connectivity index (χ2v) is 5.27. The highest BCUT2D eigenvalue weighted by atomic mass is 16.2. The standard InChI is InChI=1S/C13H18N4O2/c18-12-7-10(8-17(12)11-1-2-11)13(19)15-4-6-16-5-3-14-9-16/h3,5,9-11H,1-2,4,6-8H2,(H,15,19). The lowest BCUT2D eigenvalue weighted by atomic mass is 10.1. The van der Waals surface area contributed by atoms with Crippen molar-refractivity contribution in [1.29, 1.82) is 0 Å². The van der Waals surface area contributed by atoms with Crippen LogP contribution in [0.2, 0.25) is 0 Å². The Bertz CT molecular complexity index is 467. The average Bonchev–Trinajstić information content (AvgIpc) is 2.96. The van der Waals surface area contributed by atoms with Crippen molar-refractivity contribution >= 4 is 11.8 Å². The Balaban J connectivity index is 1.44. The van der Waals surface area contributed by atoms with Crippen LogP contribution in [0.1, 0.15) is 19.3 Å². The Labute approximate surface area is 111 Å². The van der Waals surface area contributed by atoms with Crippen LogP contribution >= 0.6 is 0 Å². The van der Waals surface area contributed by atoms with Crippen LogP contribution < -0.4 is 5.32 Å². The highest BCUT2D eigenvalue weighted by molar-refractivity contribution is 5.89. The van der Waals surface area contributed by atoms with Crippen molar-refractivity contribution in [3.05, 3.63) is 18.7 Å². The molecule has 6 nitrogen and oxygen atoms in total. The number of hydrogen-bond acceptors (Lipinski definition) is 3. The van der Waals surface area contributed by atoms with Crippen LogP contribution in [0, 0.1) is 5.92 Å². The first kappa shape index (κ1) is 12.2. The zero-order valence-corrected chi connectivity index (χ0v) is 10.8. The molecule has 1 saturated heterocycles. The average molecular weight is 262 g/mol. The fourth-order valence-corrected chi connectivity index (χ4v) is 2.52. The van der Waals surface area contributed by atoms with Gasteiger partial charge in [-0.15, -0.1) is 0 Å². The Morgan fingerprint density at radius 3 is 3.00 bits per heavy atom. The second-order valence-electron chi connectivity index (χ2n) is 5.27. The van der Waals surface area contributed by atoms with Gasteiger partial charge in [-0.05, 0) is 12.8 Å². The molecule has 0 aromatic carbocycles. The third kappa shape index (κ3) is 2.77. The number of carbonyl (C=O) groups is 2. The molecule has 0 bridgehead atoms. The Kier molecular flexibility index (Phi) is 3.23. The number of hydrogen-bond donors (Lipinski definition) is 1. The van der Waals surface area contributed by atoms with Crippen molar-refractivity contribution in [3.8, 4) is 0 Å². The van der Waals surface area contributed by atoms with Gasteiger partial charge in [0.25, 0.3) is 0 Å². The minimum Gasteiger partial charge on any atom is -0.354 e. The number of imidazole rings is 1. The van der Waals surface area contributed by atoms with Gasteiger partial charge in [-0.25, -0.2) is 4.98 Å². The first-order valence-electron chi connectivity index (χ1n) is 6.77. The molecule has 102 valence electrons. The lowest BCUT2D eigenvalue weighted by molar-refractivity contribution is -0.129. The van der Waals surface area contributed by atoms with Gasteiger partial charge in [-0.2, -0.15) is 0 Å². The molecule has 2 heterocycles. The molecular formula is C13H18N4O2. The molecule has 0 radical (unpaired) electrons. The molecule has 1 aliphatic carbocycles. The molecule has 1 N–H and O–H groups in total. The molecule has 1 aromatic heterocycles. The van der Waals surface area contributed by atoms with E-state index >= 15 is 0 Å². The van der Waals surface area contributed by atoms with Gasteiger partial charge in [0.05, 0.1) is 12.2 Å². The molecule has 6 heteroatoms. The lowest BCUT2D eigenvalue weighted by Crippen LogP contribution is -2.35. The van der Waals surface area contributed by atoms with Gasteiger partial charge in [-0.3, -0.25) is 9.59 Å². The fourth-order valence-electron chi connectivity index (χ4n) is 2.52. The number of aromatic nitrogens is 2. The van der Waals surface area contributed by atoms with Gasteiger partial charge in [0, 0.05) is 44.5 Å². The third-order valence-electron chi connectivity index (χ3n) is 3.75. The number of nitrogens with zero attached hydrogens (tertiary/aromatic N) is 3. The number of likely N-dealkylation sites (tertiary alicyclic amines) is 1. The van der Waals surface area contributed by atoms with Crippen LogP contribution in [0.15, 0.2) is 18.7 Å². The van der Waals surface area contributed by atoms with Crippen molar-refractivity contribution in [1.82, 2.24) is 19.8 Å². The number of nitrogens with one attached hydrogen (secondary N) is 1. The van der Waals surface area contributed by atoms with Gasteiger partial charge < -0.3 is 14.8 Å². The van der Waals surface area contributed by atoms with Gasteiger partial charge in [0.2, 0.25) is 11.8 Å². The van der Waals surface area contributed by atoms with E-state index < -0.39 is 0 Å². The van der Waals surface area contributed by atoms with Crippen molar-refractivity contribution in [2.75, 3.05) is 13.1 Å². The number of carbonyl (C=O) groups excluding carboxylic acids is 2. The highest BCUT2D eigenvalue weighted by Gasteiger charge is 2.41. The smallest absolute Gasteiger partial charge is 0.225 e. The molecule has 1 aliphatic heterocycles. The van der Waals surface area contributed by atoms with E-state index in [0.717, 1.165) is 12.8 Å². The largest absolute Gasteiger partial charge is 0.354 e. The molecule has 2 amide bonds. The van der Waals surface area contributed by atoms with E-state index in [-0.39, 0.29) is 17.7 Å². The summed E-state index contributed by atoms with van der Waals surface area (Å²) >= 11 is 0. The summed E-state index contributed by atoms with van der Waals surface area (Å²) in [4.78, 5) is 29.6. The van der Waals surface area contributed by atoms with E-state index in [9.17, 15) is 9.59 Å². The van der Waals surface area contributed by atoms with Crippen LogP contribution in [-0.2, 0) is 16.1 Å². The van der Waals surface area contributed by atoms with E-state index in [1.807, 2.05) is 15.7 Å². The predicted octanol–water partition coefficient (Wildman–Crippen LogP) is 0.0102. The van der Waals surface area contributed by atoms with E-state index in [1.54, 1.807) is 12.5 Å². The maximum Gasteiger partial charge on any atom is 0.225 e. The van der Waals surface area contributed by atoms with Crippen LogP contribution in [0.4, 0.5) is 0 Å². The molecule has 1 saturated carbocycles. The second kappa shape index (κ2) is 5.03. The third-order valence-corrected chi connectivity index (χ3v) is 3.75. The summed E-state index contributed by atoms with van der Waals surface area (Å²) in [5.74, 6) is -0.0373. The van der Waals surface area contributed by atoms with E-state index in [4.69, 9.17) is 0 Å². The molecule has 1 aromatic rings. The minimum atomic E-state index is -0.170. The van der Waals surface area contributed by atoms with Gasteiger partial charge in [0.1, 0.15) is 0 Å². The molecule has 1 unspecified atom stereocenters. The lowest BCUT2D eigenvalue weighted by Gasteiger charge is -2.15. The zero-order valence-electron chi connectivity index (χ0n) is 10.8. The van der Waals surface area contributed by atoms with Gasteiger partial charge >= 0.3 is 0 Å². The van der Waals surface area contributed by atoms with Gasteiger partial charge in [0.15, 0.2) is 0 Å². The summed E-state index contributed by atoms with van der Waals surface area (Å²) in [6, 6.07) is 0.413. The van der Waals surface area contributed by atoms with Gasteiger partial charge in [-0.1, -0.05) is 0 Å². The molecule has 3 rings (SSSR count). The number of amides is 2. The fraction of sp³-hybridized carbons (Fsp3) is 0.615. The summed E-state index contributed by atoms with van der Waals surface area (Å²) < 4.78 is 1.91. The monoisotopic (exact) mass is 262 g/mol. The highest BCUT2D eigenvalue weighted by Crippen LogP contribution is 2.32. The van der Waals surface area contributed by atoms with Crippen molar-refractivity contribution in [2.24, 2.45) is 5.92 Å². The zero-order chi connectivity index (χ0) is 13.2. The topological polar surface area (TPSA) is 67.2 Å². The van der Waals surface area contributed by atoms with Crippen LogP contribution in [0.5, 0.6) is 0 Å². The molecule has 2 fully saturated rings. The Morgan fingerprint density at radius 1 is 1.47 bits per heavy atom. The van der Waals surface area contributed by atoms with Crippen molar-refractivity contribution in [3.63, 3.8) is 0 Å². The normalized spacial score (nSPS) is 22.8. The molecule has 2 aliphatic rings. The van der Waals surface area contributed by atoms with E-state index in [0.29, 0.717) is 32.1 Å². The Hall–Kier alpha value is -1.85. The maximum absolute atomic E-state index is 12.0. The summed E-state index contributed by atoms with van der Waals surface area (Å²) in [5.41, 5.74) is 0. The minimum absolute atomic E-state index is 0.00313. The molecule has 19 heavy (non-hydrogen) atoms. The van der Waals surface area contributed by atoms with E-state index in [1.165, 1.54) is 0 Å². The maximum atomic E-state index is 12.0. The molecular weight excluding hydrogens is 244 g/mol. The summed E-state index contributed by atoms with van der Waals surface area (Å²) in [6.45, 7) is 1.88. The van der Waals surface area contributed by atoms with Crippen molar-refractivity contribution in [2.45, 2.75) is 31.8 Å². The first-order valence-corrected chi connectivity index (χ1v) is 6.77. The van der Waals surface area contributed by atoms with Crippen LogP contribution in [0.25, 0.3) is 0 Å². The SMILES string of the molecule is O=C(NCCn1ccnc1)C1CC(=O)N(C2CC2)C1. The van der Waals surface area contributed by atoms with Crippen molar-refractivity contribution < 1.29 is 9.59 Å². The predicted molar refractivity (Wildman–Crippen MR) is 68.1 cm³/mol. The summed E-state index contributed by atoms with van der Waals surface area (Å²) in [5, 5.41) is 2.90. The number of rotatable bonds is 5. The molecule has 0 spiro atoms. The summed E-state index contributed by atoms with van der Waals surface area (Å²) in [6.07, 6.45) is 7.86. The quantitative estimate of drug-likeness (QED) is 0.813. The van der Waals surface area contributed by atoms with Crippen LogP contribution in [0.3, 0.4) is 0 Å².